The number of ether oxygens (including phenoxy) is 2. The van der Waals surface area contributed by atoms with Gasteiger partial charge >= 0.3 is 5.97 Å². The van der Waals surface area contributed by atoms with Crippen molar-refractivity contribution in [3.8, 4) is 0 Å². The Kier molecular flexibility index (Phi) is 7.94. The normalized spacial score (nSPS) is 12.0. The van der Waals surface area contributed by atoms with Crippen molar-refractivity contribution >= 4 is 34.0 Å². The maximum atomic E-state index is 12.0. The molecule has 1 aromatic heterocycles. The summed E-state index contributed by atoms with van der Waals surface area (Å²) in [5, 5.41) is 2.33. The van der Waals surface area contributed by atoms with E-state index in [0.717, 1.165) is 12.1 Å². The molecule has 2 aromatic rings. The van der Waals surface area contributed by atoms with E-state index in [1.165, 1.54) is 23.2 Å². The molecule has 2 rings (SSSR count). The standard InChI is InChI=1S/C20H26N2O4S/c1-14(2)10-11-25-15(3)19(24)26-12-17-13-27-20(21-17)22(16(4)23)18-8-6-5-7-9-18/h5-9,13-15H,10-12H2,1-4H3. The Labute approximate surface area is 164 Å². The summed E-state index contributed by atoms with van der Waals surface area (Å²) in [4.78, 5) is 30.0. The molecule has 0 fully saturated rings. The molecule has 1 heterocycles. The number of hydrogen-bond acceptors (Lipinski definition) is 6. The van der Waals surface area contributed by atoms with Gasteiger partial charge in [0.15, 0.2) is 11.2 Å². The van der Waals surface area contributed by atoms with E-state index >= 15 is 0 Å². The minimum Gasteiger partial charge on any atom is -0.457 e. The summed E-state index contributed by atoms with van der Waals surface area (Å²) in [5.74, 6) is -0.0263. The predicted molar refractivity (Wildman–Crippen MR) is 106 cm³/mol. The molecular weight excluding hydrogens is 364 g/mol. The van der Waals surface area contributed by atoms with Crippen molar-refractivity contribution in [3.63, 3.8) is 0 Å². The van der Waals surface area contributed by atoms with Crippen LogP contribution < -0.4 is 4.90 Å². The van der Waals surface area contributed by atoms with Crippen molar-refractivity contribution in [2.75, 3.05) is 11.5 Å². The fraction of sp³-hybridized carbons (Fsp3) is 0.450. The van der Waals surface area contributed by atoms with E-state index < -0.39 is 12.1 Å². The smallest absolute Gasteiger partial charge is 0.335 e. The first-order valence-electron chi connectivity index (χ1n) is 8.97. The Morgan fingerprint density at radius 2 is 1.89 bits per heavy atom. The van der Waals surface area contributed by atoms with Crippen molar-refractivity contribution < 1.29 is 19.1 Å². The molecule has 0 saturated heterocycles. The van der Waals surface area contributed by atoms with Crippen LogP contribution in [0.15, 0.2) is 35.7 Å². The molecule has 0 aliphatic heterocycles. The number of anilines is 2. The van der Waals surface area contributed by atoms with Crippen LogP contribution in [-0.4, -0.2) is 29.6 Å². The molecule has 0 N–H and O–H groups in total. The van der Waals surface area contributed by atoms with Gasteiger partial charge in [-0.15, -0.1) is 11.3 Å². The monoisotopic (exact) mass is 390 g/mol. The predicted octanol–water partition coefficient (Wildman–Crippen LogP) is 4.32. The van der Waals surface area contributed by atoms with Crippen LogP contribution in [0, 0.1) is 5.92 Å². The number of esters is 1. The third-order valence-electron chi connectivity index (χ3n) is 3.82. The summed E-state index contributed by atoms with van der Waals surface area (Å²) in [6, 6.07) is 9.31. The van der Waals surface area contributed by atoms with Gasteiger partial charge in [0.05, 0.1) is 11.4 Å². The molecule has 0 aliphatic rings. The van der Waals surface area contributed by atoms with Gasteiger partial charge in [-0.3, -0.25) is 9.69 Å². The summed E-state index contributed by atoms with van der Waals surface area (Å²) >= 11 is 1.33. The second-order valence-corrected chi connectivity index (χ2v) is 7.45. The van der Waals surface area contributed by atoms with Crippen molar-refractivity contribution in [3.05, 3.63) is 41.4 Å². The second kappa shape index (κ2) is 10.2. The van der Waals surface area contributed by atoms with Crippen molar-refractivity contribution in [2.45, 2.75) is 46.8 Å². The van der Waals surface area contributed by atoms with Gasteiger partial charge in [-0.25, -0.2) is 9.78 Å². The van der Waals surface area contributed by atoms with Gasteiger partial charge in [0.1, 0.15) is 6.61 Å². The van der Waals surface area contributed by atoms with Gasteiger partial charge in [-0.05, 0) is 31.4 Å². The van der Waals surface area contributed by atoms with Crippen LogP contribution in [0.5, 0.6) is 0 Å². The zero-order valence-corrected chi connectivity index (χ0v) is 17.0. The maximum Gasteiger partial charge on any atom is 0.335 e. The first kappa shape index (κ1) is 21.1. The van der Waals surface area contributed by atoms with Gasteiger partial charge in [0, 0.05) is 18.9 Å². The number of nitrogens with zero attached hydrogens (tertiary/aromatic N) is 2. The van der Waals surface area contributed by atoms with Gasteiger partial charge in [-0.2, -0.15) is 0 Å². The van der Waals surface area contributed by atoms with Crippen molar-refractivity contribution in [2.24, 2.45) is 5.92 Å². The fourth-order valence-corrected chi connectivity index (χ4v) is 3.15. The van der Waals surface area contributed by atoms with E-state index in [0.29, 0.717) is 23.4 Å². The molecular formula is C20H26N2O4S. The first-order valence-corrected chi connectivity index (χ1v) is 9.84. The third-order valence-corrected chi connectivity index (χ3v) is 4.69. The highest BCUT2D eigenvalue weighted by Crippen LogP contribution is 2.28. The largest absolute Gasteiger partial charge is 0.457 e. The van der Waals surface area contributed by atoms with Crippen LogP contribution in [0.2, 0.25) is 0 Å². The topological polar surface area (TPSA) is 68.7 Å². The number of benzene rings is 1. The van der Waals surface area contributed by atoms with E-state index in [1.54, 1.807) is 12.3 Å². The van der Waals surface area contributed by atoms with E-state index in [9.17, 15) is 9.59 Å². The van der Waals surface area contributed by atoms with E-state index in [-0.39, 0.29) is 12.5 Å². The number of hydrogen-bond donors (Lipinski definition) is 0. The summed E-state index contributed by atoms with van der Waals surface area (Å²) in [6.45, 7) is 7.96. The lowest BCUT2D eigenvalue weighted by Crippen LogP contribution is -2.24. The number of amides is 1. The minimum atomic E-state index is -0.611. The van der Waals surface area contributed by atoms with E-state index in [4.69, 9.17) is 9.47 Å². The molecule has 1 atom stereocenters. The SMILES string of the molecule is CC(=O)N(c1ccccc1)c1nc(COC(=O)C(C)OCCC(C)C)cs1. The molecule has 1 aromatic carbocycles. The third kappa shape index (κ3) is 6.45. The van der Waals surface area contributed by atoms with Crippen LogP contribution in [0.3, 0.4) is 0 Å². The lowest BCUT2D eigenvalue weighted by atomic mass is 10.1. The summed E-state index contributed by atoms with van der Waals surface area (Å²) < 4.78 is 10.8. The molecule has 0 saturated carbocycles. The second-order valence-electron chi connectivity index (χ2n) is 6.61. The van der Waals surface area contributed by atoms with Crippen LogP contribution in [0.1, 0.15) is 39.8 Å². The van der Waals surface area contributed by atoms with Crippen LogP contribution in [0.4, 0.5) is 10.8 Å². The zero-order chi connectivity index (χ0) is 19.8. The molecule has 7 heteroatoms. The number of carbonyl (C=O) groups excluding carboxylic acids is 2. The van der Waals surface area contributed by atoms with Gasteiger partial charge in [-0.1, -0.05) is 32.0 Å². The molecule has 0 radical (unpaired) electrons. The Bertz CT molecular complexity index is 745. The Hall–Kier alpha value is -2.25. The van der Waals surface area contributed by atoms with Crippen LogP contribution in [-0.2, 0) is 25.7 Å². The Morgan fingerprint density at radius 1 is 1.19 bits per heavy atom. The summed E-state index contributed by atoms with van der Waals surface area (Å²) in [6.07, 6.45) is 0.285. The molecule has 1 amide bonds. The van der Waals surface area contributed by atoms with Crippen molar-refractivity contribution in [1.82, 2.24) is 4.98 Å². The average molecular weight is 391 g/mol. The Balaban J connectivity index is 1.93. The molecule has 27 heavy (non-hydrogen) atoms. The van der Waals surface area contributed by atoms with Gasteiger partial charge < -0.3 is 9.47 Å². The molecule has 6 nitrogen and oxygen atoms in total. The average Bonchev–Trinajstić information content (AvgIpc) is 3.08. The molecule has 0 bridgehead atoms. The maximum absolute atomic E-state index is 12.0. The summed E-state index contributed by atoms with van der Waals surface area (Å²) in [5.41, 5.74) is 1.34. The van der Waals surface area contributed by atoms with Gasteiger partial charge in [0.2, 0.25) is 5.91 Å². The zero-order valence-electron chi connectivity index (χ0n) is 16.2. The van der Waals surface area contributed by atoms with E-state index in [1.807, 2.05) is 30.3 Å². The molecule has 0 aliphatic carbocycles. The molecule has 1 unspecified atom stereocenters. The van der Waals surface area contributed by atoms with Crippen molar-refractivity contribution in [1.29, 1.82) is 0 Å². The van der Waals surface area contributed by atoms with Gasteiger partial charge in [0.25, 0.3) is 0 Å². The minimum absolute atomic E-state index is 0.0494. The lowest BCUT2D eigenvalue weighted by molar-refractivity contribution is -0.157. The number of thiazole rings is 1. The number of para-hydroxylation sites is 1. The van der Waals surface area contributed by atoms with E-state index in [2.05, 4.69) is 18.8 Å². The fourth-order valence-electron chi connectivity index (χ4n) is 2.28. The molecule has 0 spiro atoms. The molecule has 146 valence electrons. The quantitative estimate of drug-likeness (QED) is 0.596. The highest BCUT2D eigenvalue weighted by Gasteiger charge is 2.19. The number of aromatic nitrogens is 1. The number of carbonyl (C=O) groups is 2. The highest BCUT2D eigenvalue weighted by atomic mass is 32.1. The van der Waals surface area contributed by atoms with Crippen LogP contribution in [0.25, 0.3) is 0 Å². The lowest BCUT2D eigenvalue weighted by Gasteiger charge is -2.17. The number of rotatable bonds is 9. The first-order chi connectivity index (χ1) is 12.9. The summed E-state index contributed by atoms with van der Waals surface area (Å²) in [7, 11) is 0. The van der Waals surface area contributed by atoms with Crippen LogP contribution >= 0.6 is 11.3 Å². The highest BCUT2D eigenvalue weighted by molar-refractivity contribution is 7.14. The Morgan fingerprint density at radius 3 is 2.52 bits per heavy atom.